The maximum absolute atomic E-state index is 10.1. The Labute approximate surface area is 122 Å². The highest BCUT2D eigenvalue weighted by Gasteiger charge is 2.48. The summed E-state index contributed by atoms with van der Waals surface area (Å²) in [5, 5.41) is 10.1. The summed E-state index contributed by atoms with van der Waals surface area (Å²) in [6, 6.07) is 10.9. The molecule has 3 rings (SSSR count). The largest absolute Gasteiger partial charge is 0.393 e. The van der Waals surface area contributed by atoms with E-state index < -0.39 is 0 Å². The Morgan fingerprint density at radius 3 is 2.75 bits per heavy atom. The van der Waals surface area contributed by atoms with E-state index in [4.69, 9.17) is 0 Å². The molecule has 1 unspecified atom stereocenters. The molecule has 2 heteroatoms. The van der Waals surface area contributed by atoms with Crippen LogP contribution >= 0.6 is 0 Å². The van der Waals surface area contributed by atoms with Crippen LogP contribution < -0.4 is 4.90 Å². The van der Waals surface area contributed by atoms with Crippen molar-refractivity contribution in [3.05, 3.63) is 35.9 Å². The molecule has 0 bridgehead atoms. The minimum absolute atomic E-state index is 0.0660. The molecule has 1 aliphatic heterocycles. The van der Waals surface area contributed by atoms with Crippen LogP contribution in [0, 0.1) is 17.3 Å². The van der Waals surface area contributed by atoms with Gasteiger partial charge in [0.2, 0.25) is 0 Å². The quantitative estimate of drug-likeness (QED) is 0.846. The van der Waals surface area contributed by atoms with Gasteiger partial charge in [0.15, 0.2) is 0 Å². The Bertz CT molecular complexity index is 446. The normalized spacial score (nSPS) is 41.1. The van der Waals surface area contributed by atoms with Crippen LogP contribution in [0.4, 0.5) is 0 Å². The van der Waals surface area contributed by atoms with Gasteiger partial charge in [0.05, 0.1) is 19.2 Å². The summed E-state index contributed by atoms with van der Waals surface area (Å²) in [6.45, 7) is 8.40. The molecule has 0 amide bonds. The predicted octanol–water partition coefficient (Wildman–Crippen LogP) is 1.89. The van der Waals surface area contributed by atoms with E-state index in [1.165, 1.54) is 31.5 Å². The molecular formula is C18H28NO+. The molecule has 2 aliphatic rings. The average molecular weight is 274 g/mol. The van der Waals surface area contributed by atoms with Crippen LogP contribution in [-0.2, 0) is 6.54 Å². The lowest BCUT2D eigenvalue weighted by atomic mass is 9.59. The van der Waals surface area contributed by atoms with Gasteiger partial charge < -0.3 is 10.0 Å². The van der Waals surface area contributed by atoms with Crippen molar-refractivity contribution in [3.63, 3.8) is 0 Å². The van der Waals surface area contributed by atoms with Gasteiger partial charge in [-0.3, -0.25) is 0 Å². The highest BCUT2D eigenvalue weighted by Crippen LogP contribution is 2.46. The molecule has 1 saturated heterocycles. The molecule has 0 spiro atoms. The summed E-state index contributed by atoms with van der Waals surface area (Å²) in [5.74, 6) is 1.19. The molecule has 1 aromatic rings. The summed E-state index contributed by atoms with van der Waals surface area (Å²) in [4.78, 5) is 1.72. The van der Waals surface area contributed by atoms with Gasteiger partial charge >= 0.3 is 0 Å². The Hall–Kier alpha value is -0.860. The van der Waals surface area contributed by atoms with Gasteiger partial charge in [-0.25, -0.2) is 0 Å². The van der Waals surface area contributed by atoms with E-state index in [1.54, 1.807) is 4.90 Å². The summed E-state index contributed by atoms with van der Waals surface area (Å²) in [6.07, 6.45) is 3.40. The first kappa shape index (κ1) is 14.1. The lowest BCUT2D eigenvalue weighted by Crippen LogP contribution is -3.13. The summed E-state index contributed by atoms with van der Waals surface area (Å²) < 4.78 is 0. The maximum atomic E-state index is 10.1. The number of aliphatic hydroxyl groups excluding tert-OH is 1. The highest BCUT2D eigenvalue weighted by atomic mass is 16.3. The number of nitrogens with one attached hydrogen (secondary N) is 1. The van der Waals surface area contributed by atoms with E-state index in [-0.39, 0.29) is 6.10 Å². The Morgan fingerprint density at radius 2 is 2.00 bits per heavy atom. The second-order valence-corrected chi connectivity index (χ2v) is 7.35. The molecule has 2 nitrogen and oxygen atoms in total. The van der Waals surface area contributed by atoms with Gasteiger partial charge in [0.25, 0.3) is 0 Å². The minimum Gasteiger partial charge on any atom is -0.393 e. The number of rotatable bonds is 2. The van der Waals surface area contributed by atoms with E-state index in [1.807, 2.05) is 0 Å². The number of hydrogen-bond acceptors (Lipinski definition) is 1. The second-order valence-electron chi connectivity index (χ2n) is 7.35. The molecule has 2 N–H and O–H groups in total. The molecule has 1 aliphatic carbocycles. The van der Waals surface area contributed by atoms with Gasteiger partial charge in [-0.1, -0.05) is 44.2 Å². The van der Waals surface area contributed by atoms with E-state index in [0.29, 0.717) is 17.3 Å². The summed E-state index contributed by atoms with van der Waals surface area (Å²) in [7, 11) is 0. The van der Waals surface area contributed by atoms with Gasteiger partial charge in [0, 0.05) is 17.4 Å². The van der Waals surface area contributed by atoms with E-state index in [2.05, 4.69) is 44.2 Å². The topological polar surface area (TPSA) is 24.7 Å². The fourth-order valence-electron chi connectivity index (χ4n) is 4.71. The van der Waals surface area contributed by atoms with Crippen LogP contribution in [0.2, 0.25) is 0 Å². The van der Waals surface area contributed by atoms with Crippen LogP contribution in [0.3, 0.4) is 0 Å². The van der Waals surface area contributed by atoms with Crippen molar-refractivity contribution in [2.75, 3.05) is 13.1 Å². The van der Waals surface area contributed by atoms with Crippen molar-refractivity contribution in [2.45, 2.75) is 45.8 Å². The summed E-state index contributed by atoms with van der Waals surface area (Å²) >= 11 is 0. The number of aliphatic hydroxyl groups is 1. The van der Waals surface area contributed by atoms with Crippen molar-refractivity contribution in [3.8, 4) is 0 Å². The number of benzene rings is 1. The first-order valence-electron chi connectivity index (χ1n) is 8.14. The van der Waals surface area contributed by atoms with Crippen molar-refractivity contribution < 1.29 is 10.0 Å². The molecule has 1 saturated carbocycles. The molecule has 20 heavy (non-hydrogen) atoms. The SMILES string of the molecule is C[C@H]1[C@H](O)CC[C@@]2(C)C[NH+](Cc3ccccc3)CC[C@@H]12. The Kier molecular flexibility index (Phi) is 3.87. The third kappa shape index (κ3) is 2.64. The number of likely N-dealkylation sites (tertiary alicyclic amines) is 1. The first-order chi connectivity index (χ1) is 9.58. The molecule has 0 radical (unpaired) electrons. The Balaban J connectivity index is 1.68. The third-order valence-corrected chi connectivity index (χ3v) is 5.91. The predicted molar refractivity (Wildman–Crippen MR) is 81.5 cm³/mol. The van der Waals surface area contributed by atoms with Crippen LogP contribution in [-0.4, -0.2) is 24.3 Å². The van der Waals surface area contributed by atoms with Gasteiger partial charge in [-0.2, -0.15) is 0 Å². The number of hydrogen-bond donors (Lipinski definition) is 2. The zero-order chi connectivity index (χ0) is 14.2. The number of piperidine rings is 1. The molecule has 110 valence electrons. The average Bonchev–Trinajstić information content (AvgIpc) is 2.44. The van der Waals surface area contributed by atoms with Gasteiger partial charge in [-0.05, 0) is 24.7 Å². The number of fused-ring (bicyclic) bond motifs is 1. The van der Waals surface area contributed by atoms with E-state index in [0.717, 1.165) is 13.0 Å². The zero-order valence-electron chi connectivity index (χ0n) is 12.8. The lowest BCUT2D eigenvalue weighted by molar-refractivity contribution is -0.928. The van der Waals surface area contributed by atoms with Crippen LogP contribution in [0.1, 0.15) is 38.7 Å². The molecule has 1 aromatic carbocycles. The first-order valence-corrected chi connectivity index (χ1v) is 8.14. The maximum Gasteiger partial charge on any atom is 0.103 e. The van der Waals surface area contributed by atoms with Crippen LogP contribution in [0.5, 0.6) is 0 Å². The molecular weight excluding hydrogens is 246 g/mol. The highest BCUT2D eigenvalue weighted by molar-refractivity contribution is 5.13. The second kappa shape index (κ2) is 5.50. The lowest BCUT2D eigenvalue weighted by Gasteiger charge is -2.51. The van der Waals surface area contributed by atoms with Crippen LogP contribution in [0.15, 0.2) is 30.3 Å². The minimum atomic E-state index is -0.0660. The molecule has 0 aromatic heterocycles. The van der Waals surface area contributed by atoms with Crippen molar-refractivity contribution in [1.82, 2.24) is 0 Å². The van der Waals surface area contributed by atoms with Crippen molar-refractivity contribution >= 4 is 0 Å². The molecule has 1 heterocycles. The monoisotopic (exact) mass is 274 g/mol. The molecule has 2 fully saturated rings. The smallest absolute Gasteiger partial charge is 0.103 e. The standard InChI is InChI=1S/C18H27NO/c1-14-16-9-11-19(12-15-6-4-3-5-7-15)13-18(16,2)10-8-17(14)20/h3-7,14,16-17,20H,8-13H2,1-2H3/p+1/t14-,16+,17-,18+/m1/s1. The van der Waals surface area contributed by atoms with Gasteiger partial charge in [-0.15, -0.1) is 0 Å². The Morgan fingerprint density at radius 1 is 1.25 bits per heavy atom. The fourth-order valence-corrected chi connectivity index (χ4v) is 4.71. The fraction of sp³-hybridized carbons (Fsp3) is 0.667. The third-order valence-electron chi connectivity index (χ3n) is 5.91. The van der Waals surface area contributed by atoms with Crippen molar-refractivity contribution in [1.29, 1.82) is 0 Å². The molecule has 5 atom stereocenters. The van der Waals surface area contributed by atoms with Crippen molar-refractivity contribution in [2.24, 2.45) is 17.3 Å². The van der Waals surface area contributed by atoms with E-state index in [9.17, 15) is 5.11 Å². The van der Waals surface area contributed by atoms with Crippen LogP contribution in [0.25, 0.3) is 0 Å². The zero-order valence-corrected chi connectivity index (χ0v) is 12.8. The van der Waals surface area contributed by atoms with E-state index >= 15 is 0 Å². The summed E-state index contributed by atoms with van der Waals surface area (Å²) in [5.41, 5.74) is 1.88. The number of quaternary nitrogens is 1. The van der Waals surface area contributed by atoms with Gasteiger partial charge in [0.1, 0.15) is 6.54 Å².